The van der Waals surface area contributed by atoms with Crippen LogP contribution in [-0.2, 0) is 10.0 Å². The molecule has 2 rings (SSSR count). The van der Waals surface area contributed by atoms with Crippen LogP contribution in [0.5, 0.6) is 11.5 Å². The molecule has 0 atom stereocenters. The molecule has 0 aliphatic carbocycles. The van der Waals surface area contributed by atoms with Gasteiger partial charge >= 0.3 is 0 Å². The number of methoxy groups -OCH3 is 2. The molecule has 0 unspecified atom stereocenters. The van der Waals surface area contributed by atoms with E-state index in [2.05, 4.69) is 9.93 Å². The predicted octanol–water partition coefficient (Wildman–Crippen LogP) is 3.32. The van der Waals surface area contributed by atoms with Crippen LogP contribution >= 0.6 is 23.2 Å². The quantitative estimate of drug-likeness (QED) is 0.608. The molecule has 128 valence electrons. The minimum Gasteiger partial charge on any atom is -0.497 e. The number of nitrogens with one attached hydrogen (secondary N) is 1. The predicted molar refractivity (Wildman–Crippen MR) is 93.9 cm³/mol. The second-order valence-corrected chi connectivity index (χ2v) is 7.01. The smallest absolute Gasteiger partial charge is 0.280 e. The van der Waals surface area contributed by atoms with Gasteiger partial charge in [0.1, 0.15) is 16.4 Å². The molecule has 0 fully saturated rings. The molecule has 2 aromatic rings. The molecule has 9 heteroatoms. The largest absolute Gasteiger partial charge is 0.497 e. The first kappa shape index (κ1) is 18.4. The monoisotopic (exact) mass is 388 g/mol. The third-order valence-electron chi connectivity index (χ3n) is 3.00. The Morgan fingerprint density at radius 3 is 2.46 bits per heavy atom. The lowest BCUT2D eigenvalue weighted by Gasteiger charge is -2.10. The first-order valence-electron chi connectivity index (χ1n) is 6.59. The Kier molecular flexibility index (Phi) is 5.93. The number of hydrogen-bond acceptors (Lipinski definition) is 5. The van der Waals surface area contributed by atoms with Crippen LogP contribution in [0.3, 0.4) is 0 Å². The normalized spacial score (nSPS) is 11.5. The van der Waals surface area contributed by atoms with Gasteiger partial charge < -0.3 is 9.47 Å². The van der Waals surface area contributed by atoms with Gasteiger partial charge in [-0.2, -0.15) is 18.4 Å². The molecule has 24 heavy (non-hydrogen) atoms. The van der Waals surface area contributed by atoms with E-state index in [1.54, 1.807) is 18.2 Å². The molecule has 0 radical (unpaired) electrons. The highest BCUT2D eigenvalue weighted by atomic mass is 35.5. The Labute approximate surface area is 150 Å². The molecule has 6 nitrogen and oxygen atoms in total. The van der Waals surface area contributed by atoms with Gasteiger partial charge in [0.05, 0.1) is 25.5 Å². The van der Waals surface area contributed by atoms with Gasteiger partial charge in [0, 0.05) is 16.7 Å². The zero-order valence-electron chi connectivity index (χ0n) is 12.8. The van der Waals surface area contributed by atoms with E-state index in [0.717, 1.165) is 0 Å². The average molecular weight is 389 g/mol. The fourth-order valence-electron chi connectivity index (χ4n) is 1.81. The van der Waals surface area contributed by atoms with Crippen molar-refractivity contribution in [2.75, 3.05) is 14.2 Å². The average Bonchev–Trinajstić information content (AvgIpc) is 2.56. The van der Waals surface area contributed by atoms with E-state index in [-0.39, 0.29) is 10.6 Å². The standard InChI is InChI=1S/C15H14Cl2N2O4S/c1-22-12-5-6-14(23-2)15(8-12)24(20,21)19-18-9-10-3-4-11(16)7-13(10)17/h3-9,19H,1-2H3. The highest BCUT2D eigenvalue weighted by molar-refractivity contribution is 7.89. The second kappa shape index (κ2) is 7.74. The molecular formula is C15H14Cl2N2O4S. The molecule has 0 amide bonds. The van der Waals surface area contributed by atoms with Gasteiger partial charge in [0.2, 0.25) is 0 Å². The van der Waals surface area contributed by atoms with E-state index in [1.165, 1.54) is 38.6 Å². The van der Waals surface area contributed by atoms with E-state index in [4.69, 9.17) is 32.7 Å². The van der Waals surface area contributed by atoms with Crippen molar-refractivity contribution in [2.45, 2.75) is 4.90 Å². The first-order valence-corrected chi connectivity index (χ1v) is 8.83. The van der Waals surface area contributed by atoms with Crippen LogP contribution in [0.1, 0.15) is 5.56 Å². The second-order valence-electron chi connectivity index (χ2n) is 4.54. The van der Waals surface area contributed by atoms with Crippen LogP contribution in [0.4, 0.5) is 0 Å². The van der Waals surface area contributed by atoms with Crippen molar-refractivity contribution < 1.29 is 17.9 Å². The maximum atomic E-state index is 12.4. The van der Waals surface area contributed by atoms with E-state index in [1.807, 2.05) is 0 Å². The molecular weight excluding hydrogens is 375 g/mol. The molecule has 0 saturated heterocycles. The van der Waals surface area contributed by atoms with Gasteiger partial charge in [-0.1, -0.05) is 29.3 Å². The summed E-state index contributed by atoms with van der Waals surface area (Å²) in [4.78, 5) is 2.01. The van der Waals surface area contributed by atoms with Crippen LogP contribution in [0, 0.1) is 0 Å². The lowest BCUT2D eigenvalue weighted by atomic mass is 10.2. The molecule has 0 spiro atoms. The topological polar surface area (TPSA) is 77.0 Å². The lowest BCUT2D eigenvalue weighted by Crippen LogP contribution is -2.19. The summed E-state index contributed by atoms with van der Waals surface area (Å²) >= 11 is 11.8. The van der Waals surface area contributed by atoms with Crippen molar-refractivity contribution in [2.24, 2.45) is 5.10 Å². The number of benzene rings is 2. The summed E-state index contributed by atoms with van der Waals surface area (Å²) in [7, 11) is -1.14. The van der Waals surface area contributed by atoms with E-state index < -0.39 is 10.0 Å². The molecule has 0 heterocycles. The summed E-state index contributed by atoms with van der Waals surface area (Å²) in [5, 5.41) is 4.55. The number of halogens is 2. The van der Waals surface area contributed by atoms with Gasteiger partial charge in [0.15, 0.2) is 0 Å². The summed E-state index contributed by atoms with van der Waals surface area (Å²) in [6.45, 7) is 0. The zero-order valence-corrected chi connectivity index (χ0v) is 15.1. The molecule has 0 aliphatic rings. The van der Waals surface area contributed by atoms with Crippen molar-refractivity contribution in [3.05, 3.63) is 52.0 Å². The summed E-state index contributed by atoms with van der Waals surface area (Å²) in [6.07, 6.45) is 1.28. The van der Waals surface area contributed by atoms with Crippen molar-refractivity contribution in [1.29, 1.82) is 0 Å². The third kappa shape index (κ3) is 4.31. The fourth-order valence-corrected chi connectivity index (χ4v) is 3.25. The molecule has 0 aromatic heterocycles. The highest BCUT2D eigenvalue weighted by Crippen LogP contribution is 2.28. The molecule has 0 saturated carbocycles. The Hall–Kier alpha value is -1.96. The van der Waals surface area contributed by atoms with Crippen LogP contribution in [-0.4, -0.2) is 28.9 Å². The number of hydrogen-bond donors (Lipinski definition) is 1. The van der Waals surface area contributed by atoms with Crippen molar-refractivity contribution in [3.63, 3.8) is 0 Å². The Morgan fingerprint density at radius 1 is 1.08 bits per heavy atom. The van der Waals surface area contributed by atoms with Crippen LogP contribution in [0.15, 0.2) is 46.4 Å². The third-order valence-corrected chi connectivity index (χ3v) is 4.81. The first-order chi connectivity index (χ1) is 11.4. The SMILES string of the molecule is COc1ccc(OC)c(S(=O)(=O)NN=Cc2ccc(Cl)cc2Cl)c1. The lowest BCUT2D eigenvalue weighted by molar-refractivity contribution is 0.392. The minimum atomic E-state index is -3.95. The van der Waals surface area contributed by atoms with E-state index >= 15 is 0 Å². The number of nitrogens with zero attached hydrogens (tertiary/aromatic N) is 1. The van der Waals surface area contributed by atoms with Crippen molar-refractivity contribution in [1.82, 2.24) is 4.83 Å². The molecule has 2 aromatic carbocycles. The summed E-state index contributed by atoms with van der Waals surface area (Å²) in [5.41, 5.74) is 0.515. The van der Waals surface area contributed by atoms with E-state index in [9.17, 15) is 8.42 Å². The maximum Gasteiger partial charge on any atom is 0.280 e. The summed E-state index contributed by atoms with van der Waals surface area (Å²) < 4.78 is 34.9. The number of sulfonamides is 1. The van der Waals surface area contributed by atoms with Gasteiger partial charge in [0.25, 0.3) is 10.0 Å². The number of ether oxygens (including phenoxy) is 2. The van der Waals surface area contributed by atoms with Gasteiger partial charge in [-0.25, -0.2) is 0 Å². The molecule has 0 bridgehead atoms. The van der Waals surface area contributed by atoms with Crippen molar-refractivity contribution in [3.8, 4) is 11.5 Å². The van der Waals surface area contributed by atoms with Crippen LogP contribution in [0.2, 0.25) is 10.0 Å². The Bertz CT molecular complexity index is 870. The molecule has 0 aliphatic heterocycles. The molecule has 1 N–H and O–H groups in total. The van der Waals surface area contributed by atoms with Crippen LogP contribution in [0.25, 0.3) is 0 Å². The minimum absolute atomic E-state index is 0.0938. The van der Waals surface area contributed by atoms with Crippen molar-refractivity contribution >= 4 is 39.4 Å². The maximum absolute atomic E-state index is 12.4. The Balaban J connectivity index is 2.27. The number of rotatable bonds is 6. The van der Waals surface area contributed by atoms with Gasteiger partial charge in [-0.3, -0.25) is 0 Å². The summed E-state index contributed by atoms with van der Waals surface area (Å²) in [5.74, 6) is 0.545. The van der Waals surface area contributed by atoms with Gasteiger partial charge in [-0.15, -0.1) is 0 Å². The van der Waals surface area contributed by atoms with Gasteiger partial charge in [-0.05, 0) is 24.3 Å². The van der Waals surface area contributed by atoms with Crippen LogP contribution < -0.4 is 14.3 Å². The summed E-state index contributed by atoms with van der Waals surface area (Å²) in [6, 6.07) is 9.20. The number of hydrazone groups is 1. The zero-order chi connectivity index (χ0) is 17.7. The Morgan fingerprint density at radius 2 is 1.83 bits per heavy atom. The van der Waals surface area contributed by atoms with E-state index in [0.29, 0.717) is 21.4 Å². The fraction of sp³-hybridized carbons (Fsp3) is 0.133. The highest BCUT2D eigenvalue weighted by Gasteiger charge is 2.20.